The molecule has 1 aliphatic rings. The number of ether oxygens (including phenoxy) is 1. The fourth-order valence-electron chi connectivity index (χ4n) is 2.10. The number of aromatic nitrogens is 1. The van der Waals surface area contributed by atoms with E-state index in [-0.39, 0.29) is 18.8 Å². The van der Waals surface area contributed by atoms with Crippen molar-refractivity contribution in [1.29, 1.82) is 0 Å². The molecule has 2 heterocycles. The van der Waals surface area contributed by atoms with Gasteiger partial charge in [0.1, 0.15) is 5.82 Å². The van der Waals surface area contributed by atoms with Gasteiger partial charge in [-0.25, -0.2) is 4.98 Å². The van der Waals surface area contributed by atoms with Gasteiger partial charge in [0.15, 0.2) is 0 Å². The summed E-state index contributed by atoms with van der Waals surface area (Å²) >= 11 is 9.49. The van der Waals surface area contributed by atoms with Gasteiger partial charge in [-0.2, -0.15) is 0 Å². The maximum Gasteiger partial charge on any atom is 0.147 e. The van der Waals surface area contributed by atoms with Crippen LogP contribution in [0.25, 0.3) is 0 Å². The van der Waals surface area contributed by atoms with Gasteiger partial charge in [0, 0.05) is 24.3 Å². The van der Waals surface area contributed by atoms with Crippen molar-refractivity contribution in [2.75, 3.05) is 25.2 Å². The molecule has 1 aliphatic heterocycles. The maximum absolute atomic E-state index is 9.38. The van der Waals surface area contributed by atoms with Crippen LogP contribution >= 0.6 is 27.5 Å². The Morgan fingerprint density at radius 3 is 3.06 bits per heavy atom. The molecule has 0 unspecified atom stereocenters. The second-order valence-corrected chi connectivity index (χ2v) is 5.36. The highest BCUT2D eigenvalue weighted by molar-refractivity contribution is 9.10. The van der Waals surface area contributed by atoms with E-state index in [1.807, 2.05) is 4.90 Å². The molecular weight excluding hydrogens is 307 g/mol. The lowest BCUT2D eigenvalue weighted by Crippen LogP contribution is -2.33. The summed E-state index contributed by atoms with van der Waals surface area (Å²) in [7, 11) is 1.68. The number of hydrogen-bond acceptors (Lipinski definition) is 4. The Balaban J connectivity index is 2.26. The number of aliphatic hydroxyl groups excluding tert-OH is 1. The predicted molar refractivity (Wildman–Crippen MR) is 70.6 cm³/mol. The minimum absolute atomic E-state index is 0.0196. The zero-order valence-electron chi connectivity index (χ0n) is 9.44. The molecule has 2 atom stereocenters. The van der Waals surface area contributed by atoms with Crippen LogP contribution in [0.2, 0.25) is 5.02 Å². The van der Waals surface area contributed by atoms with E-state index in [0.717, 1.165) is 10.9 Å². The summed E-state index contributed by atoms with van der Waals surface area (Å²) < 4.78 is 6.17. The van der Waals surface area contributed by atoms with Crippen molar-refractivity contribution in [3.8, 4) is 0 Å². The van der Waals surface area contributed by atoms with Gasteiger partial charge in [0.25, 0.3) is 0 Å². The molecule has 6 heteroatoms. The molecule has 0 spiro atoms. The lowest BCUT2D eigenvalue weighted by Gasteiger charge is -2.24. The molecule has 1 N–H and O–H groups in total. The van der Waals surface area contributed by atoms with Crippen molar-refractivity contribution in [3.63, 3.8) is 0 Å². The zero-order chi connectivity index (χ0) is 12.4. The Bertz CT molecular complexity index is 405. The zero-order valence-corrected chi connectivity index (χ0v) is 11.8. The summed E-state index contributed by atoms with van der Waals surface area (Å²) in [6.45, 7) is 0.782. The van der Waals surface area contributed by atoms with Crippen molar-refractivity contribution in [3.05, 3.63) is 21.8 Å². The van der Waals surface area contributed by atoms with Crippen LogP contribution in [0, 0.1) is 0 Å². The predicted octanol–water partition coefficient (Wildman–Crippen LogP) is 2.08. The summed E-state index contributed by atoms with van der Waals surface area (Å²) in [4.78, 5) is 6.31. The van der Waals surface area contributed by atoms with E-state index in [1.54, 1.807) is 19.4 Å². The summed E-state index contributed by atoms with van der Waals surface area (Å²) in [6.07, 6.45) is 2.62. The smallest absolute Gasteiger partial charge is 0.147 e. The highest BCUT2D eigenvalue weighted by Gasteiger charge is 2.33. The quantitative estimate of drug-likeness (QED) is 0.926. The molecule has 0 bridgehead atoms. The first kappa shape index (κ1) is 13.1. The van der Waals surface area contributed by atoms with E-state index in [0.29, 0.717) is 17.4 Å². The number of methoxy groups -OCH3 is 1. The van der Waals surface area contributed by atoms with E-state index in [2.05, 4.69) is 20.9 Å². The number of aliphatic hydroxyl groups is 1. The average molecular weight is 322 g/mol. The van der Waals surface area contributed by atoms with Gasteiger partial charge in [0.2, 0.25) is 0 Å². The fourth-order valence-corrected chi connectivity index (χ4v) is 2.83. The SMILES string of the molecule is CO[C@@H]1C[C@@H](CO)N(c2ncc(Br)cc2Cl)C1. The van der Waals surface area contributed by atoms with Gasteiger partial charge >= 0.3 is 0 Å². The Morgan fingerprint density at radius 1 is 1.71 bits per heavy atom. The molecule has 4 nitrogen and oxygen atoms in total. The van der Waals surface area contributed by atoms with E-state index in [4.69, 9.17) is 16.3 Å². The van der Waals surface area contributed by atoms with Gasteiger partial charge in [-0.15, -0.1) is 0 Å². The molecular formula is C11H14BrClN2O2. The van der Waals surface area contributed by atoms with Crippen molar-refractivity contribution in [2.45, 2.75) is 18.6 Å². The summed E-state index contributed by atoms with van der Waals surface area (Å²) in [5, 5.41) is 9.96. The number of pyridine rings is 1. The van der Waals surface area contributed by atoms with Gasteiger partial charge < -0.3 is 14.7 Å². The number of nitrogens with zero attached hydrogens (tertiary/aromatic N) is 2. The molecule has 17 heavy (non-hydrogen) atoms. The van der Waals surface area contributed by atoms with Gasteiger partial charge in [-0.3, -0.25) is 0 Å². The van der Waals surface area contributed by atoms with Crippen LogP contribution in [0.1, 0.15) is 6.42 Å². The average Bonchev–Trinajstić information content (AvgIpc) is 2.72. The molecule has 94 valence electrons. The van der Waals surface area contributed by atoms with E-state index < -0.39 is 0 Å². The highest BCUT2D eigenvalue weighted by atomic mass is 79.9. The van der Waals surface area contributed by atoms with E-state index in [1.165, 1.54) is 0 Å². The summed E-state index contributed by atoms with van der Waals surface area (Å²) in [5.41, 5.74) is 0. The van der Waals surface area contributed by atoms with Crippen molar-refractivity contribution >= 4 is 33.3 Å². The molecule has 1 saturated heterocycles. The molecule has 0 aromatic carbocycles. The molecule has 1 fully saturated rings. The Hall–Kier alpha value is -0.360. The van der Waals surface area contributed by atoms with Crippen LogP contribution in [0.4, 0.5) is 5.82 Å². The van der Waals surface area contributed by atoms with E-state index >= 15 is 0 Å². The largest absolute Gasteiger partial charge is 0.394 e. The number of anilines is 1. The first-order valence-electron chi connectivity index (χ1n) is 5.37. The first-order chi connectivity index (χ1) is 8.15. The lowest BCUT2D eigenvalue weighted by molar-refractivity contribution is 0.115. The normalized spacial score (nSPS) is 24.4. The van der Waals surface area contributed by atoms with Gasteiger partial charge in [0.05, 0.1) is 23.8 Å². The summed E-state index contributed by atoms with van der Waals surface area (Å²) in [5.74, 6) is 0.702. The number of rotatable bonds is 3. The fraction of sp³-hybridized carbons (Fsp3) is 0.545. The molecule has 0 aliphatic carbocycles. The first-order valence-corrected chi connectivity index (χ1v) is 6.54. The van der Waals surface area contributed by atoms with Crippen LogP contribution < -0.4 is 4.90 Å². The van der Waals surface area contributed by atoms with Crippen molar-refractivity contribution in [1.82, 2.24) is 4.98 Å². The molecule has 0 saturated carbocycles. The van der Waals surface area contributed by atoms with Gasteiger partial charge in [-0.1, -0.05) is 11.6 Å². The van der Waals surface area contributed by atoms with Crippen LogP contribution in [-0.4, -0.2) is 42.5 Å². The monoisotopic (exact) mass is 320 g/mol. The minimum atomic E-state index is 0.0196. The molecule has 2 rings (SSSR count). The number of halogens is 2. The van der Waals surface area contributed by atoms with Crippen molar-refractivity contribution in [2.24, 2.45) is 0 Å². The second-order valence-electron chi connectivity index (χ2n) is 4.04. The Kier molecular flexibility index (Phi) is 4.25. The van der Waals surface area contributed by atoms with Crippen molar-refractivity contribution < 1.29 is 9.84 Å². The highest BCUT2D eigenvalue weighted by Crippen LogP contribution is 2.32. The lowest BCUT2D eigenvalue weighted by atomic mass is 10.2. The third kappa shape index (κ3) is 2.73. The standard InChI is InChI=1S/C11H14BrClN2O2/c1-17-9-3-8(6-16)15(5-9)11-10(13)2-7(12)4-14-11/h2,4,8-9,16H,3,5-6H2,1H3/t8-,9+/m0/s1. The molecule has 1 aromatic rings. The van der Waals surface area contributed by atoms with Gasteiger partial charge in [-0.05, 0) is 28.4 Å². The molecule has 1 aromatic heterocycles. The molecule has 0 radical (unpaired) electrons. The topological polar surface area (TPSA) is 45.6 Å². The number of hydrogen-bond donors (Lipinski definition) is 1. The van der Waals surface area contributed by atoms with Crippen LogP contribution in [0.3, 0.4) is 0 Å². The molecule has 0 amide bonds. The van der Waals surface area contributed by atoms with Crippen LogP contribution in [-0.2, 0) is 4.74 Å². The minimum Gasteiger partial charge on any atom is -0.394 e. The third-order valence-corrected chi connectivity index (χ3v) is 3.69. The maximum atomic E-state index is 9.38. The Labute approximate surface area is 114 Å². The van der Waals surface area contributed by atoms with Crippen LogP contribution in [0.15, 0.2) is 16.7 Å². The van der Waals surface area contributed by atoms with E-state index in [9.17, 15) is 5.11 Å². The second kappa shape index (κ2) is 5.52. The Morgan fingerprint density at radius 2 is 2.47 bits per heavy atom. The third-order valence-electron chi connectivity index (χ3n) is 2.98. The van der Waals surface area contributed by atoms with Crippen LogP contribution in [0.5, 0.6) is 0 Å². The summed E-state index contributed by atoms with van der Waals surface area (Å²) in [6, 6.07) is 1.82.